The Hall–Kier alpha value is -2.90. The van der Waals surface area contributed by atoms with Crippen LogP contribution in [0, 0.1) is 24.1 Å². The molecule has 0 saturated heterocycles. The number of hydrogen-bond acceptors (Lipinski definition) is 6. The minimum atomic E-state index is -0.966. The van der Waals surface area contributed by atoms with Crippen molar-refractivity contribution in [3.63, 3.8) is 0 Å². The minimum absolute atomic E-state index is 0.0385. The number of aromatic nitrogens is 2. The SMILES string of the molecule is Cc1cnc(OC/C(=C/Nc2ccc(F)c(F)c2)N=N)nc1. The minimum Gasteiger partial charge on any atom is -0.457 e. The summed E-state index contributed by atoms with van der Waals surface area (Å²) in [6.45, 7) is 1.81. The number of aryl methyl sites for hydroxylation is 1. The predicted octanol–water partition coefficient (Wildman–Crippen LogP) is 3.43. The highest BCUT2D eigenvalue weighted by Gasteiger charge is 2.03. The average molecular weight is 305 g/mol. The molecule has 0 spiro atoms. The summed E-state index contributed by atoms with van der Waals surface area (Å²) in [7, 11) is 0. The van der Waals surface area contributed by atoms with Crippen molar-refractivity contribution in [2.24, 2.45) is 5.11 Å². The van der Waals surface area contributed by atoms with Crippen LogP contribution >= 0.6 is 0 Å². The van der Waals surface area contributed by atoms with E-state index in [1.807, 2.05) is 6.92 Å². The highest BCUT2D eigenvalue weighted by atomic mass is 19.2. The van der Waals surface area contributed by atoms with Crippen LogP contribution < -0.4 is 10.1 Å². The van der Waals surface area contributed by atoms with Crippen LogP contribution in [0.4, 0.5) is 14.5 Å². The van der Waals surface area contributed by atoms with Crippen molar-refractivity contribution < 1.29 is 13.5 Å². The van der Waals surface area contributed by atoms with E-state index in [0.717, 1.165) is 17.7 Å². The van der Waals surface area contributed by atoms with Gasteiger partial charge in [0.15, 0.2) is 11.6 Å². The lowest BCUT2D eigenvalue weighted by Gasteiger charge is -2.05. The summed E-state index contributed by atoms with van der Waals surface area (Å²) in [6, 6.07) is 3.52. The molecule has 1 aromatic carbocycles. The molecule has 2 rings (SSSR count). The molecule has 2 aromatic rings. The smallest absolute Gasteiger partial charge is 0.316 e. The highest BCUT2D eigenvalue weighted by Crippen LogP contribution is 2.14. The van der Waals surface area contributed by atoms with Gasteiger partial charge in [0, 0.05) is 30.3 Å². The Morgan fingerprint density at radius 2 is 2.05 bits per heavy atom. The lowest BCUT2D eigenvalue weighted by Crippen LogP contribution is -2.04. The van der Waals surface area contributed by atoms with Gasteiger partial charge in [0.1, 0.15) is 12.3 Å². The molecular weight excluding hydrogens is 292 g/mol. The third-order valence-electron chi connectivity index (χ3n) is 2.58. The van der Waals surface area contributed by atoms with Gasteiger partial charge >= 0.3 is 6.01 Å². The Labute approximate surface area is 125 Å². The predicted molar refractivity (Wildman–Crippen MR) is 75.5 cm³/mol. The molecule has 0 aliphatic heterocycles. The van der Waals surface area contributed by atoms with Gasteiger partial charge in [-0.15, -0.1) is 0 Å². The van der Waals surface area contributed by atoms with Crippen molar-refractivity contribution in [1.29, 1.82) is 5.53 Å². The van der Waals surface area contributed by atoms with Crippen LogP contribution in [0.3, 0.4) is 0 Å². The average Bonchev–Trinajstić information content (AvgIpc) is 2.52. The van der Waals surface area contributed by atoms with Crippen LogP contribution in [0.25, 0.3) is 0 Å². The van der Waals surface area contributed by atoms with Crippen molar-refractivity contribution in [3.8, 4) is 6.01 Å². The largest absolute Gasteiger partial charge is 0.457 e. The first kappa shape index (κ1) is 15.5. The van der Waals surface area contributed by atoms with E-state index in [1.54, 1.807) is 12.4 Å². The number of benzene rings is 1. The van der Waals surface area contributed by atoms with Gasteiger partial charge in [-0.1, -0.05) is 0 Å². The molecule has 114 valence electrons. The van der Waals surface area contributed by atoms with Crippen molar-refractivity contribution in [2.75, 3.05) is 11.9 Å². The summed E-state index contributed by atoms with van der Waals surface area (Å²) < 4.78 is 31.1. The zero-order valence-electron chi connectivity index (χ0n) is 11.7. The first-order chi connectivity index (χ1) is 10.6. The van der Waals surface area contributed by atoms with Gasteiger partial charge < -0.3 is 10.1 Å². The van der Waals surface area contributed by atoms with Gasteiger partial charge in [0.2, 0.25) is 0 Å². The first-order valence-corrected chi connectivity index (χ1v) is 6.28. The third-order valence-corrected chi connectivity index (χ3v) is 2.58. The number of rotatable bonds is 6. The summed E-state index contributed by atoms with van der Waals surface area (Å²) in [5.41, 5.74) is 8.52. The van der Waals surface area contributed by atoms with Crippen LogP contribution in [0.15, 0.2) is 47.6 Å². The van der Waals surface area contributed by atoms with E-state index in [-0.39, 0.29) is 18.3 Å². The Bertz CT molecular complexity index is 688. The quantitative estimate of drug-likeness (QED) is 0.801. The maximum absolute atomic E-state index is 13.1. The van der Waals surface area contributed by atoms with E-state index >= 15 is 0 Å². The topological polar surface area (TPSA) is 83.2 Å². The molecule has 0 saturated carbocycles. The van der Waals surface area contributed by atoms with E-state index in [4.69, 9.17) is 10.3 Å². The van der Waals surface area contributed by atoms with Gasteiger partial charge in [0.25, 0.3) is 0 Å². The Balaban J connectivity index is 1.96. The van der Waals surface area contributed by atoms with Gasteiger partial charge in [0.05, 0.1) is 0 Å². The maximum Gasteiger partial charge on any atom is 0.316 e. The molecule has 8 heteroatoms. The zero-order chi connectivity index (χ0) is 15.9. The molecule has 1 heterocycles. The molecule has 0 radical (unpaired) electrons. The molecule has 0 aliphatic rings. The van der Waals surface area contributed by atoms with Crippen molar-refractivity contribution in [1.82, 2.24) is 9.97 Å². The molecule has 0 amide bonds. The Kier molecular flexibility index (Phi) is 5.07. The molecule has 0 bridgehead atoms. The number of hydrogen-bond donors (Lipinski definition) is 2. The molecule has 22 heavy (non-hydrogen) atoms. The van der Waals surface area contributed by atoms with Gasteiger partial charge in [-0.05, 0) is 24.6 Å². The van der Waals surface area contributed by atoms with E-state index in [1.165, 1.54) is 12.3 Å². The monoisotopic (exact) mass is 305 g/mol. The van der Waals surface area contributed by atoms with E-state index in [2.05, 4.69) is 20.4 Å². The molecule has 1 aromatic heterocycles. The second kappa shape index (κ2) is 7.21. The number of anilines is 1. The Morgan fingerprint density at radius 1 is 1.32 bits per heavy atom. The van der Waals surface area contributed by atoms with Crippen molar-refractivity contribution >= 4 is 5.69 Å². The van der Waals surface area contributed by atoms with Gasteiger partial charge in [-0.2, -0.15) is 5.11 Å². The molecule has 6 nitrogen and oxygen atoms in total. The van der Waals surface area contributed by atoms with Crippen LogP contribution in [0.5, 0.6) is 6.01 Å². The van der Waals surface area contributed by atoms with Gasteiger partial charge in [-0.3, -0.25) is 0 Å². The second-order valence-electron chi connectivity index (χ2n) is 4.35. The molecular formula is C14H13F2N5O. The van der Waals surface area contributed by atoms with Crippen LogP contribution in [-0.2, 0) is 0 Å². The van der Waals surface area contributed by atoms with Crippen LogP contribution in [0.1, 0.15) is 5.56 Å². The van der Waals surface area contributed by atoms with E-state index in [9.17, 15) is 8.78 Å². The fourth-order valence-corrected chi connectivity index (χ4v) is 1.45. The molecule has 0 fully saturated rings. The number of nitrogens with one attached hydrogen (secondary N) is 2. The lowest BCUT2D eigenvalue weighted by molar-refractivity contribution is 0.320. The van der Waals surface area contributed by atoms with E-state index < -0.39 is 11.6 Å². The highest BCUT2D eigenvalue weighted by molar-refractivity contribution is 5.46. The summed E-state index contributed by atoms with van der Waals surface area (Å²) in [4.78, 5) is 7.90. The van der Waals surface area contributed by atoms with Crippen molar-refractivity contribution in [2.45, 2.75) is 6.92 Å². The summed E-state index contributed by atoms with van der Waals surface area (Å²) in [5, 5.41) is 5.98. The van der Waals surface area contributed by atoms with Crippen LogP contribution in [0.2, 0.25) is 0 Å². The molecule has 0 unspecified atom stereocenters. The fraction of sp³-hybridized carbons (Fsp3) is 0.143. The maximum atomic E-state index is 13.1. The zero-order valence-corrected chi connectivity index (χ0v) is 11.7. The normalized spacial score (nSPS) is 11.1. The summed E-state index contributed by atoms with van der Waals surface area (Å²) in [5.74, 6) is -1.90. The first-order valence-electron chi connectivity index (χ1n) is 6.28. The lowest BCUT2D eigenvalue weighted by atomic mass is 10.3. The molecule has 2 N–H and O–H groups in total. The number of ether oxygens (including phenoxy) is 1. The second-order valence-corrected chi connectivity index (χ2v) is 4.35. The molecule has 0 aliphatic carbocycles. The third kappa shape index (κ3) is 4.30. The van der Waals surface area contributed by atoms with Crippen LogP contribution in [-0.4, -0.2) is 16.6 Å². The Morgan fingerprint density at radius 3 is 2.68 bits per heavy atom. The summed E-state index contributed by atoms with van der Waals surface area (Å²) in [6.07, 6.45) is 4.56. The summed E-state index contributed by atoms with van der Waals surface area (Å²) >= 11 is 0. The fourth-order valence-electron chi connectivity index (χ4n) is 1.45. The standard InChI is InChI=1S/C14H13F2N5O/c1-9-5-19-14(20-6-9)22-8-11(21-17)7-18-10-2-3-12(15)13(16)4-10/h2-7,17-18H,8H2,1H3/b11-7-,21-17?. The van der Waals surface area contributed by atoms with Crippen molar-refractivity contribution in [3.05, 3.63) is 59.7 Å². The number of nitrogens with zero attached hydrogens (tertiary/aromatic N) is 3. The van der Waals surface area contributed by atoms with Gasteiger partial charge in [-0.25, -0.2) is 24.3 Å². The number of halogens is 2. The van der Waals surface area contributed by atoms with E-state index in [0.29, 0.717) is 5.69 Å². The molecule has 0 atom stereocenters.